The summed E-state index contributed by atoms with van der Waals surface area (Å²) in [6.45, 7) is 3.40. The van der Waals surface area contributed by atoms with Gasteiger partial charge in [0.25, 0.3) is 5.79 Å². The first-order chi connectivity index (χ1) is 16.3. The Morgan fingerprint density at radius 3 is 2.50 bits per heavy atom. The summed E-state index contributed by atoms with van der Waals surface area (Å²) in [5.74, 6) is -2.00. The monoisotopic (exact) mass is 459 g/mol. The van der Waals surface area contributed by atoms with Crippen LogP contribution in [-0.2, 0) is 25.6 Å². The molecule has 0 radical (unpaired) electrons. The second-order valence-electron chi connectivity index (χ2n) is 8.18. The van der Waals surface area contributed by atoms with E-state index in [4.69, 9.17) is 14.2 Å². The third-order valence-electron chi connectivity index (χ3n) is 5.29. The van der Waals surface area contributed by atoms with Crippen molar-refractivity contribution < 1.29 is 23.8 Å². The van der Waals surface area contributed by atoms with Crippen LogP contribution in [0, 0.1) is 0 Å². The molecule has 172 valence electrons. The number of nitrogens with zero attached hydrogens (tertiary/aromatic N) is 5. The molecule has 5 rings (SSSR count). The first kappa shape index (κ1) is 21.4. The van der Waals surface area contributed by atoms with Crippen LogP contribution in [-0.4, -0.2) is 49.4 Å². The molecule has 1 aliphatic rings. The van der Waals surface area contributed by atoms with Crippen molar-refractivity contribution in [3.63, 3.8) is 0 Å². The van der Waals surface area contributed by atoms with Gasteiger partial charge >= 0.3 is 11.9 Å². The SMILES string of the molecule is COc1ccc(-n2cc(Cn3cc(C=C4C(=O)OC(C)(C)OC4=O)c4cccnc43)nn2)cc1. The van der Waals surface area contributed by atoms with Gasteiger partial charge in [0.05, 0.1) is 25.5 Å². The van der Waals surface area contributed by atoms with Crippen molar-refractivity contribution >= 4 is 29.0 Å². The molecular formula is C24H21N5O5. The molecule has 10 nitrogen and oxygen atoms in total. The molecule has 0 unspecified atom stereocenters. The molecule has 4 aromatic rings. The van der Waals surface area contributed by atoms with Gasteiger partial charge in [-0.2, -0.15) is 0 Å². The van der Waals surface area contributed by atoms with E-state index in [1.54, 1.807) is 30.3 Å². The Hall–Kier alpha value is -4.47. The molecule has 1 fully saturated rings. The fraction of sp³-hybridized carbons (Fsp3) is 0.208. The van der Waals surface area contributed by atoms with Gasteiger partial charge in [-0.25, -0.2) is 19.3 Å². The number of carbonyl (C=O) groups excluding carboxylic acids is 2. The van der Waals surface area contributed by atoms with Crippen molar-refractivity contribution in [1.82, 2.24) is 24.5 Å². The molecule has 1 aliphatic heterocycles. The Kier molecular flexibility index (Phi) is 5.12. The number of fused-ring (bicyclic) bond motifs is 1. The topological polar surface area (TPSA) is 110 Å². The summed E-state index contributed by atoms with van der Waals surface area (Å²) < 4.78 is 19.2. The number of rotatable bonds is 5. The van der Waals surface area contributed by atoms with E-state index in [-0.39, 0.29) is 5.57 Å². The van der Waals surface area contributed by atoms with Gasteiger partial charge in [-0.15, -0.1) is 5.10 Å². The van der Waals surface area contributed by atoms with Crippen LogP contribution in [0.5, 0.6) is 5.75 Å². The number of pyridine rings is 1. The second-order valence-corrected chi connectivity index (χ2v) is 8.18. The van der Waals surface area contributed by atoms with Crippen LogP contribution in [0.4, 0.5) is 0 Å². The zero-order chi connectivity index (χ0) is 23.9. The van der Waals surface area contributed by atoms with Crippen molar-refractivity contribution in [1.29, 1.82) is 0 Å². The van der Waals surface area contributed by atoms with E-state index in [2.05, 4.69) is 15.3 Å². The molecule has 0 bridgehead atoms. The molecule has 0 spiro atoms. The van der Waals surface area contributed by atoms with E-state index >= 15 is 0 Å². The van der Waals surface area contributed by atoms with Crippen LogP contribution in [0.3, 0.4) is 0 Å². The lowest BCUT2D eigenvalue weighted by atomic mass is 10.1. The van der Waals surface area contributed by atoms with Gasteiger partial charge in [-0.1, -0.05) is 5.21 Å². The van der Waals surface area contributed by atoms with E-state index in [9.17, 15) is 9.59 Å². The van der Waals surface area contributed by atoms with Gasteiger partial charge in [0.15, 0.2) is 0 Å². The summed E-state index contributed by atoms with van der Waals surface area (Å²) in [6.07, 6.45) is 6.77. The zero-order valence-electron chi connectivity index (χ0n) is 18.8. The van der Waals surface area contributed by atoms with Crippen LogP contribution < -0.4 is 4.74 Å². The van der Waals surface area contributed by atoms with Crippen LogP contribution in [0.2, 0.25) is 0 Å². The van der Waals surface area contributed by atoms with Gasteiger partial charge in [0, 0.05) is 37.2 Å². The number of hydrogen-bond donors (Lipinski definition) is 0. The van der Waals surface area contributed by atoms with E-state index in [1.165, 1.54) is 19.9 Å². The van der Waals surface area contributed by atoms with Gasteiger partial charge in [0.1, 0.15) is 22.7 Å². The minimum atomic E-state index is -1.29. The smallest absolute Gasteiger partial charge is 0.348 e. The maximum absolute atomic E-state index is 12.4. The Balaban J connectivity index is 1.46. The molecule has 1 aromatic carbocycles. The fourth-order valence-corrected chi connectivity index (χ4v) is 3.73. The highest BCUT2D eigenvalue weighted by molar-refractivity contribution is 6.19. The standard InChI is InChI=1S/C24H21N5O5/c1-24(2)33-22(30)20(23(31)34-24)11-15-12-28(21-19(15)5-4-10-25-21)13-16-14-29(27-26-16)17-6-8-18(32-3)9-7-17/h4-12,14H,13H2,1-3H3. The number of hydrogen-bond acceptors (Lipinski definition) is 8. The predicted molar refractivity (Wildman–Crippen MR) is 121 cm³/mol. The molecule has 0 atom stereocenters. The van der Waals surface area contributed by atoms with Gasteiger partial charge in [0.2, 0.25) is 0 Å². The third-order valence-corrected chi connectivity index (χ3v) is 5.29. The molecule has 10 heteroatoms. The van der Waals surface area contributed by atoms with E-state index in [1.807, 2.05) is 41.1 Å². The average molecular weight is 459 g/mol. The number of esters is 2. The van der Waals surface area contributed by atoms with Gasteiger partial charge < -0.3 is 18.8 Å². The summed E-state index contributed by atoms with van der Waals surface area (Å²) in [6, 6.07) is 11.1. The number of methoxy groups -OCH3 is 1. The summed E-state index contributed by atoms with van der Waals surface area (Å²) in [4.78, 5) is 29.3. The molecular weight excluding hydrogens is 438 g/mol. The van der Waals surface area contributed by atoms with Crippen LogP contribution >= 0.6 is 0 Å². The van der Waals surface area contributed by atoms with Gasteiger partial charge in [-0.3, -0.25) is 0 Å². The highest BCUT2D eigenvalue weighted by Gasteiger charge is 2.39. The maximum atomic E-state index is 12.4. The van der Waals surface area contributed by atoms with E-state index in [0.29, 0.717) is 23.4 Å². The lowest BCUT2D eigenvalue weighted by Crippen LogP contribution is -2.41. The van der Waals surface area contributed by atoms with Gasteiger partial charge in [-0.05, 0) is 42.5 Å². The van der Waals surface area contributed by atoms with E-state index < -0.39 is 17.7 Å². The molecule has 0 amide bonds. The Morgan fingerprint density at radius 1 is 1.06 bits per heavy atom. The third kappa shape index (κ3) is 4.01. The fourth-order valence-electron chi connectivity index (χ4n) is 3.73. The van der Waals surface area contributed by atoms with Crippen LogP contribution in [0.1, 0.15) is 25.1 Å². The lowest BCUT2D eigenvalue weighted by molar-refractivity contribution is -0.222. The summed E-state index contributed by atoms with van der Waals surface area (Å²) in [5, 5.41) is 9.25. The van der Waals surface area contributed by atoms with Crippen molar-refractivity contribution in [3.8, 4) is 11.4 Å². The average Bonchev–Trinajstić information content (AvgIpc) is 3.41. The summed E-state index contributed by atoms with van der Waals surface area (Å²) >= 11 is 0. The lowest BCUT2D eigenvalue weighted by Gasteiger charge is -2.29. The maximum Gasteiger partial charge on any atom is 0.348 e. The first-order valence-electron chi connectivity index (χ1n) is 10.5. The Bertz CT molecular complexity index is 1410. The molecule has 0 N–H and O–H groups in total. The minimum Gasteiger partial charge on any atom is -0.497 e. The molecule has 34 heavy (non-hydrogen) atoms. The Labute approximate surface area is 194 Å². The highest BCUT2D eigenvalue weighted by atomic mass is 16.7. The van der Waals surface area contributed by atoms with Crippen molar-refractivity contribution in [3.05, 3.63) is 71.8 Å². The highest BCUT2D eigenvalue weighted by Crippen LogP contribution is 2.27. The molecule has 3 aromatic heterocycles. The number of benzene rings is 1. The summed E-state index contributed by atoms with van der Waals surface area (Å²) in [5.41, 5.74) is 2.68. The van der Waals surface area contributed by atoms with Crippen molar-refractivity contribution in [2.24, 2.45) is 0 Å². The molecule has 0 aliphatic carbocycles. The quantitative estimate of drug-likeness (QED) is 0.255. The Morgan fingerprint density at radius 2 is 1.79 bits per heavy atom. The molecule has 1 saturated heterocycles. The first-order valence-corrected chi connectivity index (χ1v) is 10.5. The number of carbonyl (C=O) groups is 2. The van der Waals surface area contributed by atoms with Crippen molar-refractivity contribution in [2.45, 2.75) is 26.2 Å². The van der Waals surface area contributed by atoms with Crippen LogP contribution in [0.15, 0.2) is 60.6 Å². The predicted octanol–water partition coefficient (Wildman–Crippen LogP) is 2.89. The molecule has 4 heterocycles. The zero-order valence-corrected chi connectivity index (χ0v) is 18.8. The van der Waals surface area contributed by atoms with E-state index in [0.717, 1.165) is 16.8 Å². The molecule has 0 saturated carbocycles. The van der Waals surface area contributed by atoms with Crippen LogP contribution in [0.25, 0.3) is 22.8 Å². The normalized spacial score (nSPS) is 15.2. The number of ether oxygens (including phenoxy) is 3. The minimum absolute atomic E-state index is 0.173. The summed E-state index contributed by atoms with van der Waals surface area (Å²) in [7, 11) is 1.61. The number of aromatic nitrogens is 5. The number of cyclic esters (lactones) is 2. The van der Waals surface area contributed by atoms with Crippen molar-refractivity contribution in [2.75, 3.05) is 7.11 Å². The largest absolute Gasteiger partial charge is 0.497 e. The second kappa shape index (κ2) is 8.14.